The van der Waals surface area contributed by atoms with E-state index in [-0.39, 0.29) is 19.0 Å². The van der Waals surface area contributed by atoms with Gasteiger partial charge < -0.3 is 19.9 Å². The van der Waals surface area contributed by atoms with Gasteiger partial charge in [-0.05, 0) is 37.0 Å². The molecule has 2 heterocycles. The number of benzene rings is 1. The van der Waals surface area contributed by atoms with Gasteiger partial charge in [0.1, 0.15) is 24.8 Å². The molecular weight excluding hydrogens is 377 g/mol. The number of hydrogen-bond donors (Lipinski definition) is 2. The van der Waals surface area contributed by atoms with Gasteiger partial charge in [0.2, 0.25) is 0 Å². The van der Waals surface area contributed by atoms with Crippen molar-refractivity contribution in [3.8, 4) is 22.6 Å². The number of nitrogens with zero attached hydrogens (tertiary/aromatic N) is 1. The molecule has 0 aliphatic carbocycles. The molecule has 0 radical (unpaired) electrons. The molecule has 3 rings (SSSR count). The number of pyridine rings is 1. The Hall–Kier alpha value is -2.87. The quantitative estimate of drug-likeness (QED) is 0.754. The summed E-state index contributed by atoms with van der Waals surface area (Å²) in [5.74, 6) is 0.779. The van der Waals surface area contributed by atoms with Crippen molar-refractivity contribution in [3.63, 3.8) is 0 Å². The van der Waals surface area contributed by atoms with Crippen LogP contribution in [0.25, 0.3) is 11.1 Å². The van der Waals surface area contributed by atoms with Crippen LogP contribution in [0, 0.1) is 11.7 Å². The predicted molar refractivity (Wildman–Crippen MR) is 108 cm³/mol. The van der Waals surface area contributed by atoms with E-state index in [1.165, 1.54) is 19.2 Å². The third-order valence-corrected chi connectivity index (χ3v) is 4.54. The van der Waals surface area contributed by atoms with Crippen LogP contribution in [0.5, 0.6) is 11.5 Å². The highest BCUT2D eigenvalue weighted by molar-refractivity contribution is 5.85. The zero-order chi connectivity index (χ0) is 21.2. The van der Waals surface area contributed by atoms with Crippen LogP contribution in [0.4, 0.5) is 15.0 Å². The number of aromatic nitrogens is 1. The number of halogens is 1. The van der Waals surface area contributed by atoms with Crippen molar-refractivity contribution >= 4 is 11.9 Å². The van der Waals surface area contributed by atoms with Crippen molar-refractivity contribution in [3.05, 3.63) is 35.8 Å². The SMILES string of the molecule is COC(=O)Nc1cc2c(cn1)COc1cc(OC[C@@](C)(N)CC(C)C)c(F)cc1-2. The summed E-state index contributed by atoms with van der Waals surface area (Å²) >= 11 is 0. The number of ether oxygens (including phenoxy) is 3. The predicted octanol–water partition coefficient (Wildman–Crippen LogP) is 4.10. The smallest absolute Gasteiger partial charge is 0.412 e. The third kappa shape index (κ3) is 4.95. The summed E-state index contributed by atoms with van der Waals surface area (Å²) in [6, 6.07) is 4.56. The molecule has 1 aromatic carbocycles. The number of rotatable bonds is 6. The van der Waals surface area contributed by atoms with E-state index in [1.54, 1.807) is 12.3 Å². The minimum atomic E-state index is -0.633. The van der Waals surface area contributed by atoms with Gasteiger partial charge in [0.15, 0.2) is 11.6 Å². The van der Waals surface area contributed by atoms with Crippen molar-refractivity contribution in [2.75, 3.05) is 19.0 Å². The van der Waals surface area contributed by atoms with Crippen LogP contribution >= 0.6 is 0 Å². The lowest BCUT2D eigenvalue weighted by molar-refractivity contribution is 0.187. The minimum Gasteiger partial charge on any atom is -0.488 e. The van der Waals surface area contributed by atoms with Gasteiger partial charge in [-0.15, -0.1) is 0 Å². The van der Waals surface area contributed by atoms with Crippen LogP contribution in [0.1, 0.15) is 32.8 Å². The van der Waals surface area contributed by atoms with Crippen LogP contribution in [-0.2, 0) is 11.3 Å². The average molecular weight is 403 g/mol. The van der Waals surface area contributed by atoms with Gasteiger partial charge in [0.05, 0.1) is 7.11 Å². The van der Waals surface area contributed by atoms with Gasteiger partial charge in [-0.25, -0.2) is 14.2 Å². The highest BCUT2D eigenvalue weighted by Gasteiger charge is 2.25. The fourth-order valence-electron chi connectivity index (χ4n) is 3.44. The number of nitrogens with two attached hydrogens (primary N) is 1. The third-order valence-electron chi connectivity index (χ3n) is 4.54. The molecule has 2 aromatic rings. The van der Waals surface area contributed by atoms with Crippen LogP contribution in [0.15, 0.2) is 24.4 Å². The molecule has 156 valence electrons. The Balaban J connectivity index is 1.86. The largest absolute Gasteiger partial charge is 0.488 e. The fraction of sp³-hybridized carbons (Fsp3) is 0.429. The van der Waals surface area contributed by atoms with E-state index < -0.39 is 17.4 Å². The molecule has 1 atom stereocenters. The monoisotopic (exact) mass is 403 g/mol. The molecule has 1 aromatic heterocycles. The fourth-order valence-corrected chi connectivity index (χ4v) is 3.44. The van der Waals surface area contributed by atoms with Crippen molar-refractivity contribution < 1.29 is 23.4 Å². The maximum atomic E-state index is 14.7. The molecule has 0 unspecified atom stereocenters. The second-order valence-corrected chi connectivity index (χ2v) is 7.95. The minimum absolute atomic E-state index is 0.0922. The van der Waals surface area contributed by atoms with E-state index in [0.29, 0.717) is 23.0 Å². The first kappa shape index (κ1) is 20.9. The summed E-state index contributed by atoms with van der Waals surface area (Å²) in [5.41, 5.74) is 7.76. The molecule has 1 aliphatic heterocycles. The van der Waals surface area contributed by atoms with E-state index in [4.69, 9.17) is 15.2 Å². The topological polar surface area (TPSA) is 95.7 Å². The molecule has 0 saturated heterocycles. The summed E-state index contributed by atoms with van der Waals surface area (Å²) < 4.78 is 30.8. The Morgan fingerprint density at radius 1 is 1.38 bits per heavy atom. The second-order valence-electron chi connectivity index (χ2n) is 7.95. The van der Waals surface area contributed by atoms with Crippen molar-refractivity contribution in [1.29, 1.82) is 0 Å². The first-order valence-electron chi connectivity index (χ1n) is 9.41. The second kappa shape index (κ2) is 8.24. The average Bonchev–Trinajstić information content (AvgIpc) is 2.65. The van der Waals surface area contributed by atoms with Crippen molar-refractivity contribution in [1.82, 2.24) is 4.98 Å². The summed E-state index contributed by atoms with van der Waals surface area (Å²) in [7, 11) is 1.27. The maximum absolute atomic E-state index is 14.7. The molecule has 0 spiro atoms. The number of anilines is 1. The first-order chi connectivity index (χ1) is 13.7. The highest BCUT2D eigenvalue weighted by atomic mass is 19.1. The number of carbonyl (C=O) groups excluding carboxylic acids is 1. The maximum Gasteiger partial charge on any atom is 0.412 e. The number of carbonyl (C=O) groups is 1. The van der Waals surface area contributed by atoms with E-state index in [0.717, 1.165) is 17.5 Å². The van der Waals surface area contributed by atoms with Crippen LogP contribution < -0.4 is 20.5 Å². The Kier molecular flexibility index (Phi) is 5.93. The molecule has 8 heteroatoms. The molecule has 29 heavy (non-hydrogen) atoms. The number of methoxy groups -OCH3 is 1. The summed E-state index contributed by atoms with van der Waals surface area (Å²) in [6.07, 6.45) is 1.70. The molecule has 7 nitrogen and oxygen atoms in total. The summed E-state index contributed by atoms with van der Waals surface area (Å²) in [5, 5.41) is 2.51. The van der Waals surface area contributed by atoms with Gasteiger partial charge >= 0.3 is 6.09 Å². The Morgan fingerprint density at radius 3 is 2.83 bits per heavy atom. The van der Waals surface area contributed by atoms with Gasteiger partial charge in [-0.3, -0.25) is 5.32 Å². The van der Waals surface area contributed by atoms with E-state index >= 15 is 0 Å². The molecule has 0 bridgehead atoms. The number of amides is 1. The first-order valence-corrected chi connectivity index (χ1v) is 9.41. The van der Waals surface area contributed by atoms with E-state index in [2.05, 4.69) is 28.9 Å². The summed E-state index contributed by atoms with van der Waals surface area (Å²) in [4.78, 5) is 15.6. The van der Waals surface area contributed by atoms with Crippen molar-refractivity contribution in [2.45, 2.75) is 39.3 Å². The van der Waals surface area contributed by atoms with Crippen LogP contribution in [0.3, 0.4) is 0 Å². The molecule has 0 saturated carbocycles. The number of nitrogens with one attached hydrogen (secondary N) is 1. The Morgan fingerprint density at radius 2 is 2.14 bits per heavy atom. The van der Waals surface area contributed by atoms with Crippen LogP contribution in [-0.4, -0.2) is 30.3 Å². The number of fused-ring (bicyclic) bond motifs is 3. The molecular formula is C21H26FN3O4. The molecule has 3 N–H and O–H groups in total. The van der Waals surface area contributed by atoms with Gasteiger partial charge in [-0.2, -0.15) is 0 Å². The van der Waals surface area contributed by atoms with Crippen LogP contribution in [0.2, 0.25) is 0 Å². The Bertz CT molecular complexity index is 915. The van der Waals surface area contributed by atoms with Crippen molar-refractivity contribution in [2.24, 2.45) is 11.7 Å². The van der Waals surface area contributed by atoms with E-state index in [9.17, 15) is 9.18 Å². The molecule has 1 aliphatic rings. The molecule has 0 fully saturated rings. The lowest BCUT2D eigenvalue weighted by Crippen LogP contribution is -2.43. The zero-order valence-electron chi connectivity index (χ0n) is 17.0. The van der Waals surface area contributed by atoms with Gasteiger partial charge in [0, 0.05) is 28.9 Å². The van der Waals surface area contributed by atoms with Gasteiger partial charge in [0.25, 0.3) is 0 Å². The molecule has 1 amide bonds. The number of hydrogen-bond acceptors (Lipinski definition) is 6. The standard InChI is InChI=1S/C21H26FN3O4/c1-12(2)8-21(3,23)11-29-18-7-17-15(5-16(18)22)14-6-19(25-20(26)27-4)24-9-13(14)10-28-17/h5-7,9,12H,8,10-11,23H2,1-4H3,(H,24,25,26)/t21-/m0/s1. The Labute approximate surface area is 169 Å². The van der Waals surface area contributed by atoms with E-state index in [1.807, 2.05) is 6.92 Å². The summed E-state index contributed by atoms with van der Waals surface area (Å²) in [6.45, 7) is 6.51. The lowest BCUT2D eigenvalue weighted by atomic mass is 9.93. The van der Waals surface area contributed by atoms with Gasteiger partial charge in [-0.1, -0.05) is 13.8 Å². The highest BCUT2D eigenvalue weighted by Crippen LogP contribution is 2.41. The normalized spacial score (nSPS) is 14.3. The lowest BCUT2D eigenvalue weighted by Gasteiger charge is -2.27. The zero-order valence-corrected chi connectivity index (χ0v) is 17.0.